The first-order valence-corrected chi connectivity index (χ1v) is 4.64. The quantitative estimate of drug-likeness (QED) is 0.713. The fourth-order valence-electron chi connectivity index (χ4n) is 1.02. The molecule has 7 nitrogen and oxygen atoms in total. The smallest absolute Gasteiger partial charge is 0.294 e. The van der Waals surface area contributed by atoms with Crippen molar-refractivity contribution >= 4 is 29.3 Å². The van der Waals surface area contributed by atoms with E-state index in [4.69, 9.17) is 17.3 Å². The van der Waals surface area contributed by atoms with Gasteiger partial charge in [0.25, 0.3) is 5.91 Å². The van der Waals surface area contributed by atoms with Gasteiger partial charge in [0.05, 0.1) is 0 Å². The molecule has 82 valence electrons. The van der Waals surface area contributed by atoms with Crippen molar-refractivity contribution < 1.29 is 4.79 Å². The monoisotopic (exact) mass is 238 g/mol. The van der Waals surface area contributed by atoms with E-state index in [-0.39, 0.29) is 11.8 Å². The molecule has 0 bridgehead atoms. The highest BCUT2D eigenvalue weighted by molar-refractivity contribution is 6.30. The first kappa shape index (κ1) is 10.4. The number of hydrogen-bond acceptors (Lipinski definition) is 5. The lowest BCUT2D eigenvalue weighted by Crippen LogP contribution is -2.14. The summed E-state index contributed by atoms with van der Waals surface area (Å²) in [4.78, 5) is 19.1. The first-order valence-electron chi connectivity index (χ1n) is 4.26. The maximum Gasteiger partial charge on any atom is 0.294 e. The standard InChI is InChI=1S/C8H7ClN6O/c9-4-1-2-11-5(3-4)12-7(16)6-13-8(10)15-14-6/h1-3H,(H,11,12,16)(H3,10,13,14,15). The molecular formula is C8H7ClN6O. The second kappa shape index (κ2) is 4.15. The molecule has 2 aromatic heterocycles. The fraction of sp³-hybridized carbons (Fsp3) is 0. The third-order valence-electron chi connectivity index (χ3n) is 1.68. The number of nitrogen functional groups attached to an aromatic ring is 1. The van der Waals surface area contributed by atoms with Crippen molar-refractivity contribution in [3.63, 3.8) is 0 Å². The Hall–Kier alpha value is -2.15. The molecule has 0 spiro atoms. The van der Waals surface area contributed by atoms with Crippen LogP contribution in [0.15, 0.2) is 18.3 Å². The number of hydrogen-bond donors (Lipinski definition) is 3. The predicted molar refractivity (Wildman–Crippen MR) is 58.0 cm³/mol. The van der Waals surface area contributed by atoms with E-state index < -0.39 is 5.91 Å². The van der Waals surface area contributed by atoms with Crippen LogP contribution in [-0.2, 0) is 0 Å². The number of H-pyrrole nitrogens is 1. The molecule has 0 radical (unpaired) electrons. The number of carbonyl (C=O) groups excluding carboxylic acids is 1. The predicted octanol–water partition coefficient (Wildman–Crippen LogP) is 0.688. The van der Waals surface area contributed by atoms with Gasteiger partial charge in [-0.2, -0.15) is 4.98 Å². The van der Waals surface area contributed by atoms with Gasteiger partial charge in [-0.3, -0.25) is 9.89 Å². The van der Waals surface area contributed by atoms with E-state index in [1.165, 1.54) is 12.3 Å². The zero-order valence-electron chi connectivity index (χ0n) is 7.94. The molecule has 0 aliphatic carbocycles. The molecule has 4 N–H and O–H groups in total. The Morgan fingerprint density at radius 2 is 2.38 bits per heavy atom. The molecular weight excluding hydrogens is 232 g/mol. The number of rotatable bonds is 2. The summed E-state index contributed by atoms with van der Waals surface area (Å²) in [5.74, 6) is -0.144. The van der Waals surface area contributed by atoms with Gasteiger partial charge in [-0.05, 0) is 12.1 Å². The summed E-state index contributed by atoms with van der Waals surface area (Å²) in [7, 11) is 0. The van der Waals surface area contributed by atoms with Crippen LogP contribution >= 0.6 is 11.6 Å². The SMILES string of the molecule is Nc1n[nH]c(C(=O)Nc2cc(Cl)ccn2)n1. The van der Waals surface area contributed by atoms with E-state index in [1.807, 2.05) is 0 Å². The molecule has 2 rings (SSSR count). The van der Waals surface area contributed by atoms with Gasteiger partial charge in [-0.15, -0.1) is 5.10 Å². The zero-order chi connectivity index (χ0) is 11.5. The van der Waals surface area contributed by atoms with Gasteiger partial charge in [0.15, 0.2) is 0 Å². The van der Waals surface area contributed by atoms with Crippen molar-refractivity contribution in [1.29, 1.82) is 0 Å². The van der Waals surface area contributed by atoms with Gasteiger partial charge in [0.2, 0.25) is 11.8 Å². The van der Waals surface area contributed by atoms with Crippen molar-refractivity contribution in [1.82, 2.24) is 20.2 Å². The van der Waals surface area contributed by atoms with E-state index >= 15 is 0 Å². The topological polar surface area (TPSA) is 110 Å². The maximum absolute atomic E-state index is 11.6. The minimum absolute atomic E-state index is 0.00389. The normalized spacial score (nSPS) is 10.1. The second-order valence-corrected chi connectivity index (χ2v) is 3.29. The van der Waals surface area contributed by atoms with Crippen LogP contribution in [-0.4, -0.2) is 26.1 Å². The summed E-state index contributed by atoms with van der Waals surface area (Å²) in [6.45, 7) is 0. The Bertz CT molecular complexity index is 525. The number of carbonyl (C=O) groups is 1. The van der Waals surface area contributed by atoms with E-state index in [9.17, 15) is 4.79 Å². The minimum atomic E-state index is -0.487. The molecule has 8 heteroatoms. The lowest BCUT2D eigenvalue weighted by molar-refractivity contribution is 0.101. The number of aromatic amines is 1. The Morgan fingerprint density at radius 1 is 1.56 bits per heavy atom. The molecule has 0 fully saturated rings. The van der Waals surface area contributed by atoms with E-state index in [0.717, 1.165) is 0 Å². The van der Waals surface area contributed by atoms with Crippen molar-refractivity contribution in [2.24, 2.45) is 0 Å². The van der Waals surface area contributed by atoms with Crippen LogP contribution in [0.5, 0.6) is 0 Å². The summed E-state index contributed by atoms with van der Waals surface area (Å²) in [5, 5.41) is 8.88. The first-order chi connectivity index (χ1) is 7.65. The molecule has 2 heterocycles. The van der Waals surface area contributed by atoms with Gasteiger partial charge in [0.1, 0.15) is 5.82 Å². The molecule has 0 saturated heterocycles. The molecule has 0 aliphatic rings. The van der Waals surface area contributed by atoms with Crippen molar-refractivity contribution in [2.75, 3.05) is 11.1 Å². The Kier molecular flexibility index (Phi) is 2.69. The number of nitrogens with zero attached hydrogens (tertiary/aromatic N) is 3. The van der Waals surface area contributed by atoms with Crippen LogP contribution in [0.1, 0.15) is 10.6 Å². The van der Waals surface area contributed by atoms with Gasteiger partial charge >= 0.3 is 0 Å². The molecule has 0 saturated carbocycles. The molecule has 0 unspecified atom stereocenters. The van der Waals surface area contributed by atoms with Crippen LogP contribution in [0.4, 0.5) is 11.8 Å². The number of anilines is 2. The number of nitrogens with one attached hydrogen (secondary N) is 2. The Labute approximate surface area is 95.0 Å². The lowest BCUT2D eigenvalue weighted by atomic mass is 10.4. The van der Waals surface area contributed by atoms with Crippen molar-refractivity contribution in [3.05, 3.63) is 29.2 Å². The van der Waals surface area contributed by atoms with Crippen LogP contribution in [0, 0.1) is 0 Å². The molecule has 0 atom stereocenters. The molecule has 2 aromatic rings. The average molecular weight is 239 g/mol. The van der Waals surface area contributed by atoms with Gasteiger partial charge in [-0.1, -0.05) is 11.6 Å². The highest BCUT2D eigenvalue weighted by Crippen LogP contribution is 2.12. The number of amides is 1. The van der Waals surface area contributed by atoms with Gasteiger partial charge in [-0.25, -0.2) is 4.98 Å². The molecule has 0 aliphatic heterocycles. The van der Waals surface area contributed by atoms with E-state index in [2.05, 4.69) is 25.5 Å². The van der Waals surface area contributed by atoms with E-state index in [1.54, 1.807) is 6.07 Å². The summed E-state index contributed by atoms with van der Waals surface area (Å²) >= 11 is 5.73. The summed E-state index contributed by atoms with van der Waals surface area (Å²) in [6, 6.07) is 3.11. The second-order valence-electron chi connectivity index (χ2n) is 2.86. The Balaban J connectivity index is 2.13. The fourth-order valence-corrected chi connectivity index (χ4v) is 1.18. The number of halogens is 1. The number of nitrogens with two attached hydrogens (primary N) is 1. The third kappa shape index (κ3) is 2.26. The van der Waals surface area contributed by atoms with E-state index in [0.29, 0.717) is 10.8 Å². The molecule has 0 aromatic carbocycles. The average Bonchev–Trinajstić information content (AvgIpc) is 2.65. The van der Waals surface area contributed by atoms with Crippen molar-refractivity contribution in [2.45, 2.75) is 0 Å². The van der Waals surface area contributed by atoms with Crippen LogP contribution in [0.2, 0.25) is 5.02 Å². The maximum atomic E-state index is 11.6. The highest BCUT2D eigenvalue weighted by atomic mass is 35.5. The highest BCUT2D eigenvalue weighted by Gasteiger charge is 2.11. The van der Waals surface area contributed by atoms with Gasteiger partial charge in [0, 0.05) is 11.2 Å². The van der Waals surface area contributed by atoms with Crippen LogP contribution < -0.4 is 11.1 Å². The summed E-state index contributed by atoms with van der Waals surface area (Å²) in [6.07, 6.45) is 1.48. The number of aromatic nitrogens is 4. The molecule has 16 heavy (non-hydrogen) atoms. The van der Waals surface area contributed by atoms with Gasteiger partial charge < -0.3 is 11.1 Å². The largest absolute Gasteiger partial charge is 0.366 e. The third-order valence-corrected chi connectivity index (χ3v) is 1.92. The Morgan fingerprint density at radius 3 is 3.00 bits per heavy atom. The number of pyridine rings is 1. The van der Waals surface area contributed by atoms with Crippen molar-refractivity contribution in [3.8, 4) is 0 Å². The van der Waals surface area contributed by atoms with Crippen LogP contribution in [0.3, 0.4) is 0 Å². The minimum Gasteiger partial charge on any atom is -0.366 e. The summed E-state index contributed by atoms with van der Waals surface area (Å²) < 4.78 is 0. The molecule has 1 amide bonds. The zero-order valence-corrected chi connectivity index (χ0v) is 8.69. The summed E-state index contributed by atoms with van der Waals surface area (Å²) in [5.41, 5.74) is 5.26. The van der Waals surface area contributed by atoms with Crippen LogP contribution in [0.25, 0.3) is 0 Å². The lowest BCUT2D eigenvalue weighted by Gasteiger charge is -2.01.